The first kappa shape index (κ1) is 23.7. The van der Waals surface area contributed by atoms with E-state index in [4.69, 9.17) is 0 Å². The van der Waals surface area contributed by atoms with Crippen molar-refractivity contribution in [2.24, 2.45) is 17.8 Å². The van der Waals surface area contributed by atoms with Gasteiger partial charge in [-0.05, 0) is 30.4 Å². The van der Waals surface area contributed by atoms with Crippen LogP contribution >= 0.6 is 0 Å². The Hall–Kier alpha value is -2.44. The predicted molar refractivity (Wildman–Crippen MR) is 122 cm³/mol. The Kier molecular flexibility index (Phi) is 6.78. The van der Waals surface area contributed by atoms with Crippen LogP contribution in [-0.2, 0) is 19.6 Å². The van der Waals surface area contributed by atoms with Crippen LogP contribution in [-0.4, -0.2) is 73.1 Å². The third-order valence-electron chi connectivity index (χ3n) is 7.75. The molecule has 1 saturated carbocycles. The van der Waals surface area contributed by atoms with Gasteiger partial charge in [-0.25, -0.2) is 8.42 Å². The summed E-state index contributed by atoms with van der Waals surface area (Å²) < 4.78 is 27.4. The highest BCUT2D eigenvalue weighted by Crippen LogP contribution is 2.36. The maximum Gasteiger partial charge on any atom is 0.244 e. The van der Waals surface area contributed by atoms with E-state index in [9.17, 15) is 23.3 Å². The van der Waals surface area contributed by atoms with Gasteiger partial charge in [0, 0.05) is 45.2 Å². The summed E-state index contributed by atoms with van der Waals surface area (Å²) >= 11 is 0. The number of rotatable bonds is 4. The normalized spacial score (nSPS) is 29.2. The van der Waals surface area contributed by atoms with Gasteiger partial charge in [-0.3, -0.25) is 9.59 Å². The monoisotopic (exact) mass is 472 g/mol. The number of hydrogen-bond donors (Lipinski definition) is 0. The highest BCUT2D eigenvalue weighted by Gasteiger charge is 2.43. The molecule has 1 aromatic rings. The Bertz CT molecular complexity index is 1060. The molecule has 4 rings (SSSR count). The van der Waals surface area contributed by atoms with E-state index in [1.165, 1.54) is 22.9 Å². The molecule has 2 saturated heterocycles. The number of likely N-dealkylation sites (tertiary alicyclic amines) is 1. The summed E-state index contributed by atoms with van der Waals surface area (Å²) in [6, 6.07) is 8.32. The average molecular weight is 473 g/mol. The van der Waals surface area contributed by atoms with Crippen molar-refractivity contribution in [2.75, 3.05) is 32.7 Å². The molecule has 0 bridgehead atoms. The molecule has 0 spiro atoms. The lowest BCUT2D eigenvalue weighted by Gasteiger charge is -2.40. The maximum atomic E-state index is 13.2. The molecular formula is C24H32N4O4S. The van der Waals surface area contributed by atoms with Crippen molar-refractivity contribution >= 4 is 21.8 Å². The second kappa shape index (κ2) is 9.43. The molecule has 3 fully saturated rings. The van der Waals surface area contributed by atoms with Crippen molar-refractivity contribution in [3.63, 3.8) is 0 Å². The topological polar surface area (TPSA) is 102 Å². The van der Waals surface area contributed by atoms with Crippen LogP contribution in [0.4, 0.5) is 0 Å². The molecule has 178 valence electrons. The first-order chi connectivity index (χ1) is 15.7. The number of carbonyl (C=O) groups excluding carboxylic acids is 2. The van der Waals surface area contributed by atoms with Crippen molar-refractivity contribution < 1.29 is 18.0 Å². The lowest BCUT2D eigenvalue weighted by Crippen LogP contribution is -2.52. The first-order valence-electron chi connectivity index (χ1n) is 11.8. The van der Waals surface area contributed by atoms with E-state index in [1.807, 2.05) is 11.0 Å². The SMILES string of the molecule is C[C@H]1[C@H](C)CCC[C@@H]1N1C[C@@H](C(=O)N2CCN(S(=O)(=O)c3ccccc3C#N)CC2)CC1=O. The molecule has 0 N–H and O–H groups in total. The summed E-state index contributed by atoms with van der Waals surface area (Å²) in [5.74, 6) is 0.656. The van der Waals surface area contributed by atoms with Crippen LogP contribution in [0, 0.1) is 29.1 Å². The summed E-state index contributed by atoms with van der Waals surface area (Å²) in [7, 11) is -3.81. The zero-order chi connectivity index (χ0) is 23.8. The van der Waals surface area contributed by atoms with E-state index >= 15 is 0 Å². The number of carbonyl (C=O) groups is 2. The van der Waals surface area contributed by atoms with Crippen LogP contribution in [0.5, 0.6) is 0 Å². The average Bonchev–Trinajstić information content (AvgIpc) is 3.21. The highest BCUT2D eigenvalue weighted by molar-refractivity contribution is 7.89. The van der Waals surface area contributed by atoms with Gasteiger partial charge in [-0.1, -0.05) is 38.8 Å². The Morgan fingerprint density at radius 3 is 2.48 bits per heavy atom. The molecule has 33 heavy (non-hydrogen) atoms. The van der Waals surface area contributed by atoms with Gasteiger partial charge >= 0.3 is 0 Å². The number of hydrogen-bond acceptors (Lipinski definition) is 5. The summed E-state index contributed by atoms with van der Waals surface area (Å²) in [4.78, 5) is 29.6. The molecule has 1 aromatic carbocycles. The standard InChI is InChI=1S/C24H32N4O4S/c1-17-6-5-8-21(18(17)2)28-16-20(14-23(28)29)24(30)26-10-12-27(13-11-26)33(31,32)22-9-4-3-7-19(22)15-25/h3-4,7,9,17-18,20-21H,5-6,8,10-14,16H2,1-2H3/t17-,18+,20+,21+/m1/s1. The summed E-state index contributed by atoms with van der Waals surface area (Å²) in [5.41, 5.74) is 0.117. The lowest BCUT2D eigenvalue weighted by atomic mass is 9.77. The second-order valence-corrected chi connectivity index (χ2v) is 11.5. The number of nitriles is 1. The van der Waals surface area contributed by atoms with E-state index in [1.54, 1.807) is 17.0 Å². The molecule has 2 heterocycles. The first-order valence-corrected chi connectivity index (χ1v) is 13.3. The van der Waals surface area contributed by atoms with Crippen LogP contribution in [0.3, 0.4) is 0 Å². The Balaban J connectivity index is 1.38. The predicted octanol–water partition coefficient (Wildman–Crippen LogP) is 2.06. The minimum Gasteiger partial charge on any atom is -0.340 e. The van der Waals surface area contributed by atoms with Gasteiger partial charge < -0.3 is 9.80 Å². The molecular weight excluding hydrogens is 440 g/mol. The van der Waals surface area contributed by atoms with Crippen molar-refractivity contribution in [2.45, 2.75) is 50.5 Å². The van der Waals surface area contributed by atoms with Crippen LogP contribution in [0.2, 0.25) is 0 Å². The fourth-order valence-electron chi connectivity index (χ4n) is 5.54. The maximum absolute atomic E-state index is 13.2. The van der Waals surface area contributed by atoms with Gasteiger partial charge in [0.15, 0.2) is 0 Å². The van der Waals surface area contributed by atoms with Crippen molar-refractivity contribution in [3.8, 4) is 6.07 Å². The van der Waals surface area contributed by atoms with Crippen LogP contribution in [0.15, 0.2) is 29.2 Å². The van der Waals surface area contributed by atoms with Crippen molar-refractivity contribution in [1.29, 1.82) is 5.26 Å². The van der Waals surface area contributed by atoms with E-state index < -0.39 is 10.0 Å². The van der Waals surface area contributed by atoms with E-state index in [0.717, 1.165) is 12.8 Å². The molecule has 2 aliphatic heterocycles. The van der Waals surface area contributed by atoms with Gasteiger partial charge in [-0.2, -0.15) is 9.57 Å². The van der Waals surface area contributed by atoms with Crippen molar-refractivity contribution in [1.82, 2.24) is 14.1 Å². The second-order valence-electron chi connectivity index (χ2n) is 9.62. The van der Waals surface area contributed by atoms with E-state index in [-0.39, 0.29) is 66.8 Å². The van der Waals surface area contributed by atoms with E-state index in [2.05, 4.69) is 13.8 Å². The molecule has 4 atom stereocenters. The van der Waals surface area contributed by atoms with Gasteiger partial charge in [0.1, 0.15) is 6.07 Å². The minimum atomic E-state index is -3.81. The molecule has 8 nitrogen and oxygen atoms in total. The zero-order valence-electron chi connectivity index (χ0n) is 19.3. The third-order valence-corrected chi connectivity index (χ3v) is 9.70. The summed E-state index contributed by atoms with van der Waals surface area (Å²) in [6.45, 7) is 5.84. The number of benzene rings is 1. The van der Waals surface area contributed by atoms with Gasteiger partial charge in [0.05, 0.1) is 16.4 Å². The Morgan fingerprint density at radius 2 is 1.79 bits per heavy atom. The fourth-order valence-corrected chi connectivity index (χ4v) is 7.11. The molecule has 0 unspecified atom stereocenters. The highest BCUT2D eigenvalue weighted by atomic mass is 32.2. The summed E-state index contributed by atoms with van der Waals surface area (Å²) in [5, 5.41) is 9.27. The van der Waals surface area contributed by atoms with Gasteiger partial charge in [0.2, 0.25) is 21.8 Å². The number of nitrogens with zero attached hydrogens (tertiary/aromatic N) is 4. The molecule has 0 radical (unpaired) electrons. The lowest BCUT2D eigenvalue weighted by molar-refractivity contribution is -0.137. The van der Waals surface area contributed by atoms with Crippen LogP contribution in [0.25, 0.3) is 0 Å². The van der Waals surface area contributed by atoms with Crippen molar-refractivity contribution in [3.05, 3.63) is 29.8 Å². The zero-order valence-corrected chi connectivity index (χ0v) is 20.1. The summed E-state index contributed by atoms with van der Waals surface area (Å²) in [6.07, 6.45) is 3.54. The number of piperazine rings is 1. The van der Waals surface area contributed by atoms with Crippen LogP contribution in [0.1, 0.15) is 45.1 Å². The fraction of sp³-hybridized carbons (Fsp3) is 0.625. The number of amides is 2. The molecule has 9 heteroatoms. The molecule has 0 aromatic heterocycles. The smallest absolute Gasteiger partial charge is 0.244 e. The largest absolute Gasteiger partial charge is 0.340 e. The molecule has 1 aliphatic carbocycles. The van der Waals surface area contributed by atoms with E-state index in [0.29, 0.717) is 18.4 Å². The van der Waals surface area contributed by atoms with Crippen LogP contribution < -0.4 is 0 Å². The molecule has 2 amide bonds. The molecule has 3 aliphatic rings. The number of sulfonamides is 1. The van der Waals surface area contributed by atoms with Gasteiger partial charge in [0.25, 0.3) is 0 Å². The Labute approximate surface area is 196 Å². The quantitative estimate of drug-likeness (QED) is 0.668. The minimum absolute atomic E-state index is 0.000128. The van der Waals surface area contributed by atoms with Gasteiger partial charge in [-0.15, -0.1) is 0 Å². The third kappa shape index (κ3) is 4.51. The Morgan fingerprint density at radius 1 is 1.09 bits per heavy atom.